The minimum atomic E-state index is -0.145. The molecule has 0 spiro atoms. The van der Waals surface area contributed by atoms with Crippen molar-refractivity contribution >= 4 is 5.65 Å². The van der Waals surface area contributed by atoms with Crippen molar-refractivity contribution in [2.24, 2.45) is 0 Å². The van der Waals surface area contributed by atoms with Crippen LogP contribution in [-0.4, -0.2) is 21.7 Å². The molecule has 0 unspecified atom stereocenters. The van der Waals surface area contributed by atoms with Crippen molar-refractivity contribution < 1.29 is 4.74 Å². The van der Waals surface area contributed by atoms with E-state index in [2.05, 4.69) is 5.10 Å². The third kappa shape index (κ3) is 2.59. The van der Waals surface area contributed by atoms with E-state index in [1.807, 2.05) is 61.5 Å². The Kier molecular flexibility index (Phi) is 3.61. The van der Waals surface area contributed by atoms with Gasteiger partial charge in [-0.1, -0.05) is 42.5 Å². The molecule has 0 aliphatic carbocycles. The lowest BCUT2D eigenvalue weighted by Gasteiger charge is -2.05. The normalized spacial score (nSPS) is 11.0. The van der Waals surface area contributed by atoms with Gasteiger partial charge in [0.15, 0.2) is 5.65 Å². The molecule has 0 atom stereocenters. The van der Waals surface area contributed by atoms with Crippen LogP contribution in [-0.2, 0) is 0 Å². The zero-order valence-electron chi connectivity index (χ0n) is 14.0. The molecule has 4 aromatic rings. The summed E-state index contributed by atoms with van der Waals surface area (Å²) in [7, 11) is 1.62. The fraction of sp³-hybridized carbons (Fsp3) is 0.100. The summed E-state index contributed by atoms with van der Waals surface area (Å²) in [5, 5.41) is 3.11. The van der Waals surface area contributed by atoms with Crippen molar-refractivity contribution in [3.05, 3.63) is 76.7 Å². The molecule has 0 aliphatic heterocycles. The Labute approximate surface area is 144 Å². The van der Waals surface area contributed by atoms with E-state index in [4.69, 9.17) is 9.72 Å². The van der Waals surface area contributed by atoms with Crippen LogP contribution in [0.2, 0.25) is 0 Å². The van der Waals surface area contributed by atoms with Crippen LogP contribution in [0.3, 0.4) is 0 Å². The Morgan fingerprint density at radius 2 is 1.76 bits per heavy atom. The molecule has 2 heterocycles. The number of fused-ring (bicyclic) bond motifs is 1. The van der Waals surface area contributed by atoms with Gasteiger partial charge in [-0.15, -0.1) is 0 Å². The van der Waals surface area contributed by atoms with E-state index in [1.165, 1.54) is 10.6 Å². The van der Waals surface area contributed by atoms with Crippen molar-refractivity contribution in [1.29, 1.82) is 0 Å². The highest BCUT2D eigenvalue weighted by molar-refractivity contribution is 5.81. The summed E-state index contributed by atoms with van der Waals surface area (Å²) >= 11 is 0. The SMILES string of the molecule is COc1cccc(-c2cc(=O)n3[nH]c(C)c(-c4ccccc4)c3n2)c1. The first-order valence-corrected chi connectivity index (χ1v) is 7.99. The van der Waals surface area contributed by atoms with Gasteiger partial charge in [0.25, 0.3) is 5.56 Å². The van der Waals surface area contributed by atoms with Crippen LogP contribution >= 0.6 is 0 Å². The van der Waals surface area contributed by atoms with Gasteiger partial charge in [-0.3, -0.25) is 9.89 Å². The molecule has 0 saturated heterocycles. The van der Waals surface area contributed by atoms with E-state index < -0.39 is 0 Å². The van der Waals surface area contributed by atoms with Gasteiger partial charge >= 0.3 is 0 Å². The molecule has 0 bridgehead atoms. The molecule has 0 fully saturated rings. The molecule has 124 valence electrons. The molecule has 2 aromatic heterocycles. The van der Waals surface area contributed by atoms with Gasteiger partial charge in [-0.05, 0) is 24.6 Å². The highest BCUT2D eigenvalue weighted by Crippen LogP contribution is 2.28. The molecular weight excluding hydrogens is 314 g/mol. The Bertz CT molecular complexity index is 1110. The summed E-state index contributed by atoms with van der Waals surface area (Å²) in [4.78, 5) is 17.3. The second-order valence-electron chi connectivity index (χ2n) is 5.85. The number of aromatic nitrogens is 3. The molecular formula is C20H17N3O2. The van der Waals surface area contributed by atoms with Crippen molar-refractivity contribution in [3.63, 3.8) is 0 Å². The number of hydrogen-bond acceptors (Lipinski definition) is 3. The second kappa shape index (κ2) is 5.94. The van der Waals surface area contributed by atoms with Gasteiger partial charge in [0, 0.05) is 22.9 Å². The minimum absolute atomic E-state index is 0.145. The molecule has 0 amide bonds. The van der Waals surface area contributed by atoms with Gasteiger partial charge in [0.2, 0.25) is 0 Å². The maximum atomic E-state index is 12.6. The quantitative estimate of drug-likeness (QED) is 0.623. The number of aromatic amines is 1. The van der Waals surface area contributed by atoms with E-state index in [9.17, 15) is 4.79 Å². The molecule has 1 N–H and O–H groups in total. The van der Waals surface area contributed by atoms with Crippen LogP contribution in [0, 0.1) is 6.92 Å². The molecule has 5 nitrogen and oxygen atoms in total. The van der Waals surface area contributed by atoms with Crippen molar-refractivity contribution in [2.75, 3.05) is 7.11 Å². The van der Waals surface area contributed by atoms with E-state index in [0.717, 1.165) is 28.1 Å². The Morgan fingerprint density at radius 3 is 2.52 bits per heavy atom. The third-order valence-corrected chi connectivity index (χ3v) is 4.22. The predicted molar refractivity (Wildman–Crippen MR) is 98.0 cm³/mol. The maximum absolute atomic E-state index is 12.6. The van der Waals surface area contributed by atoms with Crippen molar-refractivity contribution in [3.8, 4) is 28.1 Å². The molecule has 25 heavy (non-hydrogen) atoms. The second-order valence-corrected chi connectivity index (χ2v) is 5.85. The monoisotopic (exact) mass is 331 g/mol. The molecule has 5 heteroatoms. The number of methoxy groups -OCH3 is 1. The average molecular weight is 331 g/mol. The van der Waals surface area contributed by atoms with E-state index in [0.29, 0.717) is 11.3 Å². The number of ether oxygens (including phenoxy) is 1. The Hall–Kier alpha value is -3.34. The van der Waals surface area contributed by atoms with Crippen LogP contribution < -0.4 is 10.3 Å². The largest absolute Gasteiger partial charge is 0.497 e. The smallest absolute Gasteiger partial charge is 0.273 e. The summed E-state index contributed by atoms with van der Waals surface area (Å²) in [6.07, 6.45) is 0. The number of H-pyrrole nitrogens is 1. The maximum Gasteiger partial charge on any atom is 0.273 e. The van der Waals surface area contributed by atoms with Crippen molar-refractivity contribution in [2.45, 2.75) is 6.92 Å². The summed E-state index contributed by atoms with van der Waals surface area (Å²) in [6, 6.07) is 19.0. The highest BCUT2D eigenvalue weighted by Gasteiger charge is 2.15. The third-order valence-electron chi connectivity index (χ3n) is 4.22. The zero-order chi connectivity index (χ0) is 17.4. The summed E-state index contributed by atoms with van der Waals surface area (Å²) in [6.45, 7) is 1.95. The number of rotatable bonds is 3. The summed E-state index contributed by atoms with van der Waals surface area (Å²) < 4.78 is 6.76. The van der Waals surface area contributed by atoms with Gasteiger partial charge in [-0.2, -0.15) is 0 Å². The standard InChI is InChI=1S/C20H17N3O2/c1-13-19(14-7-4-3-5-8-14)20-21-17(12-18(24)23(20)22-13)15-9-6-10-16(11-15)25-2/h3-12,22H,1-2H3. The summed E-state index contributed by atoms with van der Waals surface area (Å²) in [5.74, 6) is 0.730. The van der Waals surface area contributed by atoms with Gasteiger partial charge in [-0.25, -0.2) is 9.50 Å². The van der Waals surface area contributed by atoms with Gasteiger partial charge in [0.1, 0.15) is 5.75 Å². The first kappa shape index (κ1) is 15.2. The number of hydrogen-bond donors (Lipinski definition) is 1. The number of benzene rings is 2. The predicted octanol–water partition coefficient (Wildman–Crippen LogP) is 3.67. The van der Waals surface area contributed by atoms with Crippen LogP contribution in [0.5, 0.6) is 5.75 Å². The number of nitrogens with zero attached hydrogens (tertiary/aromatic N) is 2. The minimum Gasteiger partial charge on any atom is -0.497 e. The molecule has 4 rings (SSSR count). The highest BCUT2D eigenvalue weighted by atomic mass is 16.5. The molecule has 0 aliphatic rings. The average Bonchev–Trinajstić information content (AvgIpc) is 2.99. The van der Waals surface area contributed by atoms with Crippen LogP contribution in [0.1, 0.15) is 5.69 Å². The fourth-order valence-corrected chi connectivity index (χ4v) is 3.03. The Morgan fingerprint density at radius 1 is 1.00 bits per heavy atom. The zero-order valence-corrected chi connectivity index (χ0v) is 14.0. The first-order valence-electron chi connectivity index (χ1n) is 7.99. The lowest BCUT2D eigenvalue weighted by atomic mass is 10.1. The lowest BCUT2D eigenvalue weighted by Crippen LogP contribution is -2.14. The number of aryl methyl sites for hydroxylation is 1. The lowest BCUT2D eigenvalue weighted by molar-refractivity contribution is 0.415. The van der Waals surface area contributed by atoms with Crippen LogP contribution in [0.15, 0.2) is 65.5 Å². The topological polar surface area (TPSA) is 59.4 Å². The van der Waals surface area contributed by atoms with Crippen LogP contribution in [0.25, 0.3) is 28.0 Å². The van der Waals surface area contributed by atoms with E-state index >= 15 is 0 Å². The molecule has 0 radical (unpaired) electrons. The molecule has 2 aromatic carbocycles. The van der Waals surface area contributed by atoms with Gasteiger partial charge in [0.05, 0.1) is 12.8 Å². The van der Waals surface area contributed by atoms with Crippen LogP contribution in [0.4, 0.5) is 0 Å². The summed E-state index contributed by atoms with van der Waals surface area (Å²) in [5.41, 5.74) is 4.80. The first-order chi connectivity index (χ1) is 12.2. The van der Waals surface area contributed by atoms with Crippen molar-refractivity contribution in [1.82, 2.24) is 14.6 Å². The van der Waals surface area contributed by atoms with Gasteiger partial charge < -0.3 is 4.74 Å². The Balaban J connectivity index is 1.99. The number of nitrogens with one attached hydrogen (secondary N) is 1. The molecule has 0 saturated carbocycles. The fourth-order valence-electron chi connectivity index (χ4n) is 3.03. The van der Waals surface area contributed by atoms with E-state index in [1.54, 1.807) is 7.11 Å². The van der Waals surface area contributed by atoms with E-state index in [-0.39, 0.29) is 5.56 Å².